The second-order valence-corrected chi connectivity index (χ2v) is 7.28. The molecule has 0 fully saturated rings. The average Bonchev–Trinajstić information content (AvgIpc) is 2.94. The van der Waals surface area contributed by atoms with E-state index in [0.717, 1.165) is 5.69 Å². The third kappa shape index (κ3) is 4.63. The molecule has 0 spiro atoms. The Kier molecular flexibility index (Phi) is 4.13. The van der Waals surface area contributed by atoms with Crippen molar-refractivity contribution in [2.45, 2.75) is 65.6 Å². The molecule has 2 rings (SSSR count). The number of aromatic nitrogens is 5. The van der Waals surface area contributed by atoms with E-state index in [0.29, 0.717) is 24.8 Å². The zero-order valence-corrected chi connectivity index (χ0v) is 13.6. The molecule has 7 nitrogen and oxygen atoms in total. The topological polar surface area (TPSA) is 81.7 Å². The molecule has 0 saturated heterocycles. The molecule has 0 atom stereocenters. The van der Waals surface area contributed by atoms with Gasteiger partial charge in [0, 0.05) is 17.5 Å². The maximum atomic E-state index is 5.27. The molecule has 0 aliphatic carbocycles. The van der Waals surface area contributed by atoms with Crippen LogP contribution >= 0.6 is 0 Å². The van der Waals surface area contributed by atoms with E-state index in [9.17, 15) is 0 Å². The largest absolute Gasteiger partial charge is 0.339 e. The van der Waals surface area contributed by atoms with Crippen LogP contribution in [-0.2, 0) is 18.5 Å². The summed E-state index contributed by atoms with van der Waals surface area (Å²) in [6.45, 7) is 13.6. The lowest BCUT2D eigenvalue weighted by Gasteiger charge is -2.19. The van der Waals surface area contributed by atoms with Crippen LogP contribution in [-0.4, -0.2) is 30.7 Å². The predicted octanol–water partition coefficient (Wildman–Crippen LogP) is 1.89. The third-order valence-corrected chi connectivity index (χ3v) is 2.80. The Labute approximate surface area is 125 Å². The van der Waals surface area contributed by atoms with Crippen molar-refractivity contribution in [3.63, 3.8) is 0 Å². The predicted molar refractivity (Wildman–Crippen MR) is 78.7 cm³/mol. The zero-order valence-electron chi connectivity index (χ0n) is 13.6. The van der Waals surface area contributed by atoms with Crippen molar-refractivity contribution in [3.05, 3.63) is 23.6 Å². The summed E-state index contributed by atoms with van der Waals surface area (Å²) in [6.07, 6.45) is 1.89. The molecule has 0 amide bonds. The van der Waals surface area contributed by atoms with Gasteiger partial charge in [0.1, 0.15) is 6.54 Å². The summed E-state index contributed by atoms with van der Waals surface area (Å²) in [6, 6.07) is 0. The molecule has 0 aromatic carbocycles. The SMILES string of the molecule is CC(C)(C)NCc1cn(Cc2noc(C(C)(C)C)n2)nn1. The van der Waals surface area contributed by atoms with E-state index < -0.39 is 0 Å². The van der Waals surface area contributed by atoms with Crippen LogP contribution in [0.15, 0.2) is 10.7 Å². The van der Waals surface area contributed by atoms with E-state index in [1.54, 1.807) is 4.68 Å². The van der Waals surface area contributed by atoms with Crippen molar-refractivity contribution in [3.8, 4) is 0 Å². The highest BCUT2D eigenvalue weighted by Gasteiger charge is 2.21. The molecule has 2 aromatic rings. The van der Waals surface area contributed by atoms with Gasteiger partial charge in [-0.15, -0.1) is 5.10 Å². The van der Waals surface area contributed by atoms with Crippen molar-refractivity contribution >= 4 is 0 Å². The van der Waals surface area contributed by atoms with Gasteiger partial charge in [0.15, 0.2) is 5.82 Å². The highest BCUT2D eigenvalue weighted by molar-refractivity contribution is 4.99. The Bertz CT molecular complexity index is 587. The molecule has 2 heterocycles. The van der Waals surface area contributed by atoms with E-state index in [4.69, 9.17) is 4.52 Å². The van der Waals surface area contributed by atoms with Crippen LogP contribution in [0.1, 0.15) is 59.0 Å². The molecule has 0 bridgehead atoms. The Morgan fingerprint density at radius 2 is 1.90 bits per heavy atom. The van der Waals surface area contributed by atoms with E-state index in [-0.39, 0.29) is 11.0 Å². The lowest BCUT2D eigenvalue weighted by molar-refractivity contribution is 0.317. The first-order valence-corrected chi connectivity index (χ1v) is 7.10. The van der Waals surface area contributed by atoms with Gasteiger partial charge < -0.3 is 9.84 Å². The molecule has 116 valence electrons. The first-order valence-electron chi connectivity index (χ1n) is 7.10. The molecule has 0 saturated carbocycles. The van der Waals surface area contributed by atoms with Gasteiger partial charge in [-0.2, -0.15) is 4.98 Å². The van der Waals surface area contributed by atoms with Crippen LogP contribution in [0.3, 0.4) is 0 Å². The standard InChI is InChI=1S/C14H24N6O/c1-13(2,3)12-16-11(18-21-12)9-20-8-10(17-19-20)7-15-14(4,5)6/h8,15H,7,9H2,1-6H3. The quantitative estimate of drug-likeness (QED) is 0.926. The Morgan fingerprint density at radius 3 is 2.48 bits per heavy atom. The van der Waals surface area contributed by atoms with Crippen LogP contribution < -0.4 is 5.32 Å². The molecular formula is C14H24N6O. The maximum absolute atomic E-state index is 5.27. The van der Waals surface area contributed by atoms with Crippen molar-refractivity contribution in [1.29, 1.82) is 0 Å². The van der Waals surface area contributed by atoms with E-state index >= 15 is 0 Å². The zero-order chi connectivity index (χ0) is 15.7. The van der Waals surface area contributed by atoms with Gasteiger partial charge in [0.25, 0.3) is 0 Å². The maximum Gasteiger partial charge on any atom is 0.232 e. The second-order valence-electron chi connectivity index (χ2n) is 7.28. The van der Waals surface area contributed by atoms with Gasteiger partial charge in [0.05, 0.1) is 11.9 Å². The van der Waals surface area contributed by atoms with Gasteiger partial charge in [-0.25, -0.2) is 4.68 Å². The summed E-state index contributed by atoms with van der Waals surface area (Å²) in [5, 5.41) is 15.6. The van der Waals surface area contributed by atoms with Crippen LogP contribution in [0.2, 0.25) is 0 Å². The first kappa shape index (κ1) is 15.6. The van der Waals surface area contributed by atoms with E-state index in [1.807, 2.05) is 27.0 Å². The second kappa shape index (κ2) is 5.55. The number of rotatable bonds is 4. The molecule has 2 aromatic heterocycles. The molecule has 0 unspecified atom stereocenters. The fourth-order valence-electron chi connectivity index (χ4n) is 1.62. The summed E-state index contributed by atoms with van der Waals surface area (Å²) >= 11 is 0. The fraction of sp³-hybridized carbons (Fsp3) is 0.714. The highest BCUT2D eigenvalue weighted by Crippen LogP contribution is 2.19. The monoisotopic (exact) mass is 292 g/mol. The lowest BCUT2D eigenvalue weighted by atomic mass is 9.97. The number of hydrogen-bond donors (Lipinski definition) is 1. The normalized spacial score (nSPS) is 12.9. The Hall–Kier alpha value is -1.76. The van der Waals surface area contributed by atoms with Crippen LogP contribution in [0.4, 0.5) is 0 Å². The van der Waals surface area contributed by atoms with Gasteiger partial charge in [-0.1, -0.05) is 31.1 Å². The molecule has 0 aliphatic rings. The summed E-state index contributed by atoms with van der Waals surface area (Å²) in [4.78, 5) is 4.39. The van der Waals surface area contributed by atoms with E-state index in [1.165, 1.54) is 0 Å². The fourth-order valence-corrected chi connectivity index (χ4v) is 1.62. The first-order chi connectivity index (χ1) is 9.63. The number of nitrogens with zero attached hydrogens (tertiary/aromatic N) is 5. The summed E-state index contributed by atoms with van der Waals surface area (Å²) < 4.78 is 6.98. The number of hydrogen-bond acceptors (Lipinski definition) is 6. The van der Waals surface area contributed by atoms with Gasteiger partial charge in [-0.05, 0) is 20.8 Å². The minimum atomic E-state index is -0.143. The molecule has 0 radical (unpaired) electrons. The molecule has 7 heteroatoms. The average molecular weight is 292 g/mol. The lowest BCUT2D eigenvalue weighted by Crippen LogP contribution is -2.35. The summed E-state index contributed by atoms with van der Waals surface area (Å²) in [5.41, 5.74) is 0.804. The molecule has 1 N–H and O–H groups in total. The van der Waals surface area contributed by atoms with Crippen molar-refractivity contribution in [2.75, 3.05) is 0 Å². The highest BCUT2D eigenvalue weighted by atomic mass is 16.5. The smallest absolute Gasteiger partial charge is 0.232 e. The van der Waals surface area contributed by atoms with Crippen LogP contribution in [0.5, 0.6) is 0 Å². The van der Waals surface area contributed by atoms with Gasteiger partial charge in [0.2, 0.25) is 5.89 Å². The molecular weight excluding hydrogens is 268 g/mol. The Balaban J connectivity index is 1.98. The summed E-state index contributed by atoms with van der Waals surface area (Å²) in [7, 11) is 0. The van der Waals surface area contributed by atoms with Gasteiger partial charge >= 0.3 is 0 Å². The van der Waals surface area contributed by atoms with Crippen molar-refractivity contribution in [1.82, 2.24) is 30.5 Å². The number of nitrogens with one attached hydrogen (secondary N) is 1. The molecule has 0 aliphatic heterocycles. The van der Waals surface area contributed by atoms with Crippen molar-refractivity contribution < 1.29 is 4.52 Å². The Morgan fingerprint density at radius 1 is 1.19 bits per heavy atom. The van der Waals surface area contributed by atoms with Crippen molar-refractivity contribution in [2.24, 2.45) is 0 Å². The van der Waals surface area contributed by atoms with Crippen LogP contribution in [0, 0.1) is 0 Å². The molecule has 21 heavy (non-hydrogen) atoms. The third-order valence-electron chi connectivity index (χ3n) is 2.80. The minimum Gasteiger partial charge on any atom is -0.339 e. The summed E-state index contributed by atoms with van der Waals surface area (Å²) in [5.74, 6) is 1.24. The van der Waals surface area contributed by atoms with Gasteiger partial charge in [-0.3, -0.25) is 0 Å². The van der Waals surface area contributed by atoms with Crippen LogP contribution in [0.25, 0.3) is 0 Å². The van der Waals surface area contributed by atoms with E-state index in [2.05, 4.69) is 46.5 Å². The minimum absolute atomic E-state index is 0.0546.